The smallest absolute Gasteiger partial charge is 0.387 e. The van der Waals surface area contributed by atoms with E-state index in [4.69, 9.17) is 16.1 Å². The average molecular weight is 645 g/mol. The molecule has 42 heavy (non-hydrogen) atoms. The number of sulfonamides is 1. The number of likely N-dealkylation sites (tertiary alicyclic amines) is 1. The highest BCUT2D eigenvalue weighted by Crippen LogP contribution is 2.38. The maximum absolute atomic E-state index is 13.7. The number of amides is 2. The average Bonchev–Trinajstić information content (AvgIpc) is 3.69. The number of ether oxygens (including phenoxy) is 1. The van der Waals surface area contributed by atoms with Gasteiger partial charge in [-0.15, -0.1) is 11.3 Å². The summed E-state index contributed by atoms with van der Waals surface area (Å²) in [6.07, 6.45) is 0.708. The van der Waals surface area contributed by atoms with Gasteiger partial charge in [-0.25, -0.2) is 8.42 Å². The van der Waals surface area contributed by atoms with E-state index >= 15 is 0 Å². The predicted molar refractivity (Wildman–Crippen MR) is 149 cm³/mol. The molecule has 5 rings (SSSR count). The van der Waals surface area contributed by atoms with Gasteiger partial charge in [-0.05, 0) is 43.5 Å². The van der Waals surface area contributed by atoms with E-state index in [1.807, 2.05) is 0 Å². The van der Waals surface area contributed by atoms with Crippen LogP contribution in [0.4, 0.5) is 14.5 Å². The molecule has 1 unspecified atom stereocenters. The van der Waals surface area contributed by atoms with Crippen LogP contribution in [0, 0.1) is 0 Å². The van der Waals surface area contributed by atoms with E-state index < -0.39 is 45.3 Å². The fourth-order valence-corrected chi connectivity index (χ4v) is 7.30. The van der Waals surface area contributed by atoms with Crippen LogP contribution >= 0.6 is 22.9 Å². The molecule has 0 saturated carbocycles. The number of benzene rings is 1. The number of aliphatic hydroxyl groups is 1. The molecular weight excluding hydrogens is 618 g/mol. The highest BCUT2D eigenvalue weighted by atomic mass is 35.5. The van der Waals surface area contributed by atoms with Gasteiger partial charge in [0.25, 0.3) is 0 Å². The Morgan fingerprint density at radius 3 is 2.74 bits per heavy atom. The van der Waals surface area contributed by atoms with Crippen LogP contribution in [0.25, 0.3) is 10.6 Å². The van der Waals surface area contributed by atoms with E-state index in [1.165, 1.54) is 33.3 Å². The van der Waals surface area contributed by atoms with Crippen molar-refractivity contribution in [3.05, 3.63) is 46.4 Å². The summed E-state index contributed by atoms with van der Waals surface area (Å²) >= 11 is 7.24. The quantitative estimate of drug-likeness (QED) is 0.341. The van der Waals surface area contributed by atoms with Crippen molar-refractivity contribution in [1.29, 1.82) is 0 Å². The largest absolute Gasteiger partial charge is 0.431 e. The van der Waals surface area contributed by atoms with Gasteiger partial charge in [-0.3, -0.25) is 9.59 Å². The van der Waals surface area contributed by atoms with Gasteiger partial charge in [0.15, 0.2) is 11.5 Å². The van der Waals surface area contributed by atoms with Crippen LogP contribution < -0.4 is 14.4 Å². The number of thiophene rings is 1. The van der Waals surface area contributed by atoms with Crippen LogP contribution in [-0.2, 0) is 26.0 Å². The van der Waals surface area contributed by atoms with E-state index in [9.17, 15) is 31.9 Å². The Bertz CT molecular complexity index is 1570. The summed E-state index contributed by atoms with van der Waals surface area (Å²) in [7, 11) is -4.69. The third kappa shape index (κ3) is 6.75. The molecule has 0 radical (unpaired) electrons. The number of rotatable bonds is 10. The number of aliphatic hydroxyl groups excluding tert-OH is 1. The minimum atomic E-state index is -4.69. The molecule has 2 fully saturated rings. The number of carbonyl (C=O) groups is 2. The minimum absolute atomic E-state index is 0.00111. The fraction of sp³-hybridized carbons (Fsp3) is 0.423. The summed E-state index contributed by atoms with van der Waals surface area (Å²) in [5.74, 6) is -1.33. The van der Waals surface area contributed by atoms with Crippen molar-refractivity contribution in [2.24, 2.45) is 0 Å². The molecular formula is C26H27ClF2N4O7S2. The molecule has 0 aliphatic carbocycles. The van der Waals surface area contributed by atoms with Crippen LogP contribution in [0.5, 0.6) is 5.75 Å². The Labute approximate surface area is 249 Å². The number of halogens is 3. The van der Waals surface area contributed by atoms with Crippen LogP contribution in [0.3, 0.4) is 0 Å². The highest BCUT2D eigenvalue weighted by molar-refractivity contribution is 7.89. The zero-order valence-electron chi connectivity index (χ0n) is 22.0. The molecule has 226 valence electrons. The standard InChI is InChI=1S/C26H27ClF2N4O7S2/c27-22-8-7-20(41-22)19-13-15(30-40-19)12-17(25(36)32-11-9-16(34)14-32)31-42(37,38)21-5-3-4-18(24(21)39-26(28)29)33-10-2-1-6-23(33)35/h3-5,7-8,13,16-17,26,31,34H,1-2,6,9-12,14H2/t16?,17-/m0/s1. The molecule has 0 bridgehead atoms. The summed E-state index contributed by atoms with van der Waals surface area (Å²) in [4.78, 5) is 28.6. The number of piperidine rings is 1. The van der Waals surface area contributed by atoms with Crippen LogP contribution in [0.2, 0.25) is 4.34 Å². The third-order valence-electron chi connectivity index (χ3n) is 6.93. The first-order valence-electron chi connectivity index (χ1n) is 13.1. The van der Waals surface area contributed by atoms with Gasteiger partial charge in [0, 0.05) is 38.5 Å². The summed E-state index contributed by atoms with van der Waals surface area (Å²) in [6, 6.07) is 7.21. The van der Waals surface area contributed by atoms with Gasteiger partial charge in [-0.2, -0.15) is 13.5 Å². The number of aromatic nitrogens is 1. The van der Waals surface area contributed by atoms with Crippen molar-refractivity contribution in [3.8, 4) is 16.4 Å². The van der Waals surface area contributed by atoms with Crippen molar-refractivity contribution >= 4 is 50.5 Å². The monoisotopic (exact) mass is 644 g/mol. The van der Waals surface area contributed by atoms with Crippen molar-refractivity contribution < 1.29 is 41.2 Å². The predicted octanol–water partition coefficient (Wildman–Crippen LogP) is 3.66. The van der Waals surface area contributed by atoms with Gasteiger partial charge in [0.2, 0.25) is 21.8 Å². The van der Waals surface area contributed by atoms with Crippen molar-refractivity contribution in [2.75, 3.05) is 24.5 Å². The molecule has 4 heterocycles. The van der Waals surface area contributed by atoms with Crippen molar-refractivity contribution in [2.45, 2.75) is 55.8 Å². The van der Waals surface area contributed by atoms with Crippen molar-refractivity contribution in [1.82, 2.24) is 14.8 Å². The number of β-amino-alcohol motifs (C(OH)–C–C–N with tert-alkyl or cyclic N) is 1. The number of para-hydroxylation sites is 1. The van der Waals surface area contributed by atoms with Gasteiger partial charge in [-0.1, -0.05) is 22.8 Å². The second-order valence-corrected chi connectivity index (χ2v) is 13.3. The number of carbonyl (C=O) groups excluding carboxylic acids is 2. The topological polar surface area (TPSA) is 142 Å². The second kappa shape index (κ2) is 12.6. The lowest BCUT2D eigenvalue weighted by molar-refractivity contribution is -0.132. The van der Waals surface area contributed by atoms with Gasteiger partial charge in [0.1, 0.15) is 10.9 Å². The molecule has 2 aliphatic heterocycles. The molecule has 0 spiro atoms. The fourth-order valence-electron chi connectivity index (χ4n) is 4.97. The normalized spacial score (nSPS) is 18.6. The molecule has 2 aromatic heterocycles. The van der Waals surface area contributed by atoms with Gasteiger partial charge in [0.05, 0.1) is 26.7 Å². The summed E-state index contributed by atoms with van der Waals surface area (Å²) in [5.41, 5.74) is 0.135. The maximum atomic E-state index is 13.7. The Morgan fingerprint density at radius 1 is 1.26 bits per heavy atom. The third-order valence-corrected chi connectivity index (χ3v) is 9.67. The van der Waals surface area contributed by atoms with E-state index in [2.05, 4.69) is 14.6 Å². The first kappa shape index (κ1) is 30.4. The maximum Gasteiger partial charge on any atom is 0.387 e. The van der Waals surface area contributed by atoms with Crippen LogP contribution in [-0.4, -0.2) is 73.8 Å². The van der Waals surface area contributed by atoms with Gasteiger partial charge < -0.3 is 24.2 Å². The lowest BCUT2D eigenvalue weighted by Gasteiger charge is -2.29. The van der Waals surface area contributed by atoms with Crippen molar-refractivity contribution in [3.63, 3.8) is 0 Å². The second-order valence-electron chi connectivity index (χ2n) is 9.88. The number of nitrogens with one attached hydrogen (secondary N) is 1. The van der Waals surface area contributed by atoms with Crippen LogP contribution in [0.1, 0.15) is 31.4 Å². The number of hydrogen-bond donors (Lipinski definition) is 2. The van der Waals surface area contributed by atoms with E-state index in [-0.39, 0.29) is 49.8 Å². The summed E-state index contributed by atoms with van der Waals surface area (Å²) in [6.45, 7) is -2.98. The zero-order valence-corrected chi connectivity index (χ0v) is 24.4. The lowest BCUT2D eigenvalue weighted by atomic mass is 10.1. The SMILES string of the molecule is O=C([C@H](Cc1cc(-c2ccc(Cl)s2)on1)NS(=O)(=O)c1cccc(N2CCCCC2=O)c1OC(F)F)N1CCC(O)C1. The van der Waals surface area contributed by atoms with Gasteiger partial charge >= 0.3 is 6.61 Å². The number of nitrogens with zero attached hydrogens (tertiary/aromatic N) is 3. The molecule has 2 atom stereocenters. The number of hydrogen-bond acceptors (Lipinski definition) is 9. The molecule has 3 aromatic rings. The number of anilines is 1. The number of alkyl halides is 2. The Morgan fingerprint density at radius 2 is 2.07 bits per heavy atom. The van der Waals surface area contributed by atoms with E-state index in [0.717, 1.165) is 6.07 Å². The Kier molecular flexibility index (Phi) is 9.13. The minimum Gasteiger partial charge on any atom is -0.431 e. The molecule has 16 heteroatoms. The molecule has 11 nitrogen and oxygen atoms in total. The molecule has 2 aliphatic rings. The first-order valence-corrected chi connectivity index (χ1v) is 15.8. The summed E-state index contributed by atoms with van der Waals surface area (Å²) in [5, 5.41) is 13.9. The Hall–Kier alpha value is -3.11. The molecule has 2 N–H and O–H groups in total. The lowest BCUT2D eigenvalue weighted by Crippen LogP contribution is -2.49. The molecule has 1 aromatic carbocycles. The first-order chi connectivity index (χ1) is 20.0. The Balaban J connectivity index is 1.48. The van der Waals surface area contributed by atoms with E-state index in [1.54, 1.807) is 18.2 Å². The summed E-state index contributed by atoms with van der Waals surface area (Å²) < 4.78 is 67.5. The highest BCUT2D eigenvalue weighted by Gasteiger charge is 2.36. The molecule has 2 saturated heterocycles. The van der Waals surface area contributed by atoms with E-state index in [0.29, 0.717) is 34.2 Å². The molecule has 2 amide bonds. The van der Waals surface area contributed by atoms with Crippen LogP contribution in [0.15, 0.2) is 45.8 Å². The zero-order chi connectivity index (χ0) is 30.0.